The van der Waals surface area contributed by atoms with E-state index >= 15 is 0 Å². The van der Waals surface area contributed by atoms with Crippen molar-refractivity contribution in [2.24, 2.45) is 5.92 Å². The summed E-state index contributed by atoms with van der Waals surface area (Å²) in [5.74, 6) is -0.921. The summed E-state index contributed by atoms with van der Waals surface area (Å²) in [5, 5.41) is 10.4. The average Bonchev–Trinajstić information content (AvgIpc) is 2.35. The summed E-state index contributed by atoms with van der Waals surface area (Å²) in [6, 6.07) is 5.71. The van der Waals surface area contributed by atoms with E-state index in [4.69, 9.17) is 28.3 Å². The van der Waals surface area contributed by atoms with Crippen LogP contribution in [0.4, 0.5) is 0 Å². The van der Waals surface area contributed by atoms with Crippen LogP contribution in [0, 0.1) is 5.92 Å². The van der Waals surface area contributed by atoms with E-state index in [0.717, 1.165) is 12.1 Å². The Bertz CT molecular complexity index is 458. The molecule has 0 aliphatic carbocycles. The van der Waals surface area contributed by atoms with Crippen LogP contribution in [0.3, 0.4) is 0 Å². The van der Waals surface area contributed by atoms with E-state index in [2.05, 4.69) is 11.8 Å². The van der Waals surface area contributed by atoms with Crippen LogP contribution in [0.25, 0.3) is 0 Å². The molecule has 0 spiro atoms. The first-order valence-corrected chi connectivity index (χ1v) is 7.14. The van der Waals surface area contributed by atoms with Crippen LogP contribution >= 0.6 is 23.2 Å². The van der Waals surface area contributed by atoms with Gasteiger partial charge in [-0.1, -0.05) is 29.3 Å². The van der Waals surface area contributed by atoms with Crippen molar-refractivity contribution >= 4 is 29.2 Å². The Kier molecular flexibility index (Phi) is 4.71. The molecule has 1 aromatic rings. The molecule has 1 N–H and O–H groups in total. The second-order valence-electron chi connectivity index (χ2n) is 5.08. The highest BCUT2D eigenvalue weighted by Crippen LogP contribution is 2.30. The van der Waals surface area contributed by atoms with Gasteiger partial charge in [0, 0.05) is 28.2 Å². The number of rotatable bonds is 3. The summed E-state index contributed by atoms with van der Waals surface area (Å²) >= 11 is 12.3. The smallest absolute Gasteiger partial charge is 0.306 e. The molecule has 0 saturated carbocycles. The number of carboxylic acids is 1. The summed E-state index contributed by atoms with van der Waals surface area (Å²) in [6.45, 7) is 3.49. The fraction of sp³-hybridized carbons (Fsp3) is 0.500. The summed E-state index contributed by atoms with van der Waals surface area (Å²) in [6.07, 6.45) is 1.36. The van der Waals surface area contributed by atoms with Crippen molar-refractivity contribution in [2.75, 3.05) is 6.54 Å². The van der Waals surface area contributed by atoms with Crippen molar-refractivity contribution in [3.05, 3.63) is 33.8 Å². The molecule has 1 aliphatic heterocycles. The van der Waals surface area contributed by atoms with Gasteiger partial charge in [-0.3, -0.25) is 9.69 Å². The largest absolute Gasteiger partial charge is 0.481 e. The van der Waals surface area contributed by atoms with Crippen LogP contribution in [0.2, 0.25) is 10.0 Å². The lowest BCUT2D eigenvalue weighted by Gasteiger charge is -2.36. The Morgan fingerprint density at radius 1 is 1.42 bits per heavy atom. The van der Waals surface area contributed by atoms with Crippen LogP contribution in [0.5, 0.6) is 0 Å². The van der Waals surface area contributed by atoms with Gasteiger partial charge >= 0.3 is 5.97 Å². The number of nitrogens with zero attached hydrogens (tertiary/aromatic N) is 1. The topological polar surface area (TPSA) is 40.5 Å². The van der Waals surface area contributed by atoms with Gasteiger partial charge in [0.2, 0.25) is 0 Å². The summed E-state index contributed by atoms with van der Waals surface area (Å²) < 4.78 is 0. The highest BCUT2D eigenvalue weighted by molar-refractivity contribution is 6.35. The summed E-state index contributed by atoms with van der Waals surface area (Å²) in [4.78, 5) is 13.3. The molecule has 1 saturated heterocycles. The first-order chi connectivity index (χ1) is 8.99. The molecule has 2 unspecified atom stereocenters. The fourth-order valence-corrected chi connectivity index (χ4v) is 3.08. The minimum atomic E-state index is -0.692. The maximum atomic E-state index is 11.0. The minimum Gasteiger partial charge on any atom is -0.481 e. The Hall–Kier alpha value is -0.770. The van der Waals surface area contributed by atoms with Crippen LogP contribution in [-0.2, 0) is 11.3 Å². The molecule has 1 fully saturated rings. The lowest BCUT2D eigenvalue weighted by Crippen LogP contribution is -2.42. The van der Waals surface area contributed by atoms with E-state index < -0.39 is 5.97 Å². The number of halogens is 2. The maximum Gasteiger partial charge on any atom is 0.306 e. The monoisotopic (exact) mass is 301 g/mol. The lowest BCUT2D eigenvalue weighted by atomic mass is 9.91. The van der Waals surface area contributed by atoms with E-state index in [1.54, 1.807) is 0 Å². The zero-order valence-electron chi connectivity index (χ0n) is 10.8. The third-order valence-corrected chi connectivity index (χ3v) is 4.49. The van der Waals surface area contributed by atoms with E-state index in [9.17, 15) is 4.79 Å². The molecule has 3 nitrogen and oxygen atoms in total. The number of carbonyl (C=O) groups is 1. The molecule has 104 valence electrons. The van der Waals surface area contributed by atoms with Crippen molar-refractivity contribution in [1.82, 2.24) is 4.90 Å². The summed E-state index contributed by atoms with van der Waals surface area (Å²) in [7, 11) is 0. The highest BCUT2D eigenvalue weighted by atomic mass is 35.5. The van der Waals surface area contributed by atoms with Crippen molar-refractivity contribution in [3.8, 4) is 0 Å². The Morgan fingerprint density at radius 2 is 2.05 bits per heavy atom. The Labute approximate surface area is 123 Å². The normalized spacial score (nSPS) is 24.4. The molecule has 0 amide bonds. The van der Waals surface area contributed by atoms with Crippen molar-refractivity contribution in [2.45, 2.75) is 32.4 Å². The van der Waals surface area contributed by atoms with Crippen molar-refractivity contribution in [3.63, 3.8) is 0 Å². The first-order valence-electron chi connectivity index (χ1n) is 6.38. The number of aliphatic carboxylic acids is 1. The van der Waals surface area contributed by atoms with E-state index in [0.29, 0.717) is 29.4 Å². The molecule has 1 heterocycles. The highest BCUT2D eigenvalue weighted by Gasteiger charge is 2.30. The van der Waals surface area contributed by atoms with Crippen LogP contribution < -0.4 is 0 Å². The molecular weight excluding hydrogens is 285 g/mol. The zero-order chi connectivity index (χ0) is 14.0. The number of piperidine rings is 1. The zero-order valence-corrected chi connectivity index (χ0v) is 12.3. The van der Waals surface area contributed by atoms with Gasteiger partial charge in [-0.2, -0.15) is 0 Å². The molecule has 0 bridgehead atoms. The van der Waals surface area contributed by atoms with Gasteiger partial charge in [-0.25, -0.2) is 0 Å². The molecular formula is C14H17Cl2NO2. The van der Waals surface area contributed by atoms with Crippen LogP contribution in [0.15, 0.2) is 18.2 Å². The standard InChI is InChI=1S/C14H17Cl2NO2/c1-9-7-10(14(18)19)5-6-17(9)8-11-12(15)3-2-4-13(11)16/h2-4,9-10H,5-8H2,1H3,(H,18,19). The molecule has 2 atom stereocenters. The molecule has 19 heavy (non-hydrogen) atoms. The van der Waals surface area contributed by atoms with Crippen molar-refractivity contribution < 1.29 is 9.90 Å². The van der Waals surface area contributed by atoms with Gasteiger partial charge in [0.1, 0.15) is 0 Å². The van der Waals surface area contributed by atoms with Gasteiger partial charge in [0.05, 0.1) is 5.92 Å². The molecule has 5 heteroatoms. The van der Waals surface area contributed by atoms with Crippen LogP contribution in [0.1, 0.15) is 25.3 Å². The predicted molar refractivity (Wildman–Crippen MR) is 76.7 cm³/mol. The van der Waals surface area contributed by atoms with Gasteiger partial charge in [0.15, 0.2) is 0 Å². The second-order valence-corrected chi connectivity index (χ2v) is 5.89. The van der Waals surface area contributed by atoms with Crippen LogP contribution in [-0.4, -0.2) is 28.6 Å². The van der Waals surface area contributed by atoms with E-state index in [1.807, 2.05) is 18.2 Å². The van der Waals surface area contributed by atoms with Crippen molar-refractivity contribution in [1.29, 1.82) is 0 Å². The first kappa shape index (κ1) is 14.6. The third-order valence-electron chi connectivity index (χ3n) is 3.79. The molecule has 1 aliphatic rings. The predicted octanol–water partition coefficient (Wildman–Crippen LogP) is 3.68. The minimum absolute atomic E-state index is 0.224. The fourth-order valence-electron chi connectivity index (χ4n) is 2.57. The van der Waals surface area contributed by atoms with Gasteiger partial charge in [0.25, 0.3) is 0 Å². The number of likely N-dealkylation sites (tertiary alicyclic amines) is 1. The second kappa shape index (κ2) is 6.12. The Morgan fingerprint density at radius 3 is 2.58 bits per heavy atom. The quantitative estimate of drug-likeness (QED) is 0.926. The number of hydrogen-bond acceptors (Lipinski definition) is 2. The number of carboxylic acid groups (broad SMARTS) is 1. The maximum absolute atomic E-state index is 11.0. The third kappa shape index (κ3) is 3.41. The average molecular weight is 302 g/mol. The SMILES string of the molecule is CC1CC(C(=O)O)CCN1Cc1c(Cl)cccc1Cl. The molecule has 0 aromatic heterocycles. The molecule has 2 rings (SSSR count). The van der Waals surface area contributed by atoms with Gasteiger partial charge < -0.3 is 5.11 Å². The number of benzene rings is 1. The Balaban J connectivity index is 2.06. The van der Waals surface area contributed by atoms with E-state index in [-0.39, 0.29) is 12.0 Å². The number of hydrogen-bond donors (Lipinski definition) is 1. The molecule has 1 aromatic carbocycles. The van der Waals surface area contributed by atoms with Gasteiger partial charge in [-0.15, -0.1) is 0 Å². The van der Waals surface area contributed by atoms with E-state index in [1.165, 1.54) is 0 Å². The lowest BCUT2D eigenvalue weighted by molar-refractivity contribution is -0.144. The van der Waals surface area contributed by atoms with Gasteiger partial charge in [-0.05, 0) is 38.4 Å². The summed E-state index contributed by atoms with van der Waals surface area (Å²) in [5.41, 5.74) is 0.923. The molecule has 0 radical (unpaired) electrons.